The van der Waals surface area contributed by atoms with Gasteiger partial charge in [0.25, 0.3) is 0 Å². The smallest absolute Gasteiger partial charge is 0.217 e. The largest absolute Gasteiger partial charge is 0.370 e. The fourth-order valence-electron chi connectivity index (χ4n) is 4.38. The molecule has 1 aromatic rings. The maximum atomic E-state index is 11.3. The second-order valence-electron chi connectivity index (χ2n) is 7.61. The molecule has 0 aromatic heterocycles. The van der Waals surface area contributed by atoms with Crippen molar-refractivity contribution in [3.63, 3.8) is 0 Å². The molecule has 27 heavy (non-hydrogen) atoms. The van der Waals surface area contributed by atoms with E-state index in [1.807, 2.05) is 0 Å². The monoisotopic (exact) mass is 484 g/mol. The van der Waals surface area contributed by atoms with Crippen LogP contribution in [0.5, 0.6) is 0 Å². The van der Waals surface area contributed by atoms with E-state index in [1.54, 1.807) is 0 Å². The molecule has 0 spiro atoms. The standard InChI is InChI=1S/C21H32N4O.HI/c1-2-23-21(25-12-6-7-16(15-25)13-20(22)26)24-14-18-10-5-9-17-8-3-4-11-19(17)18;/h3-4,8,11,16,18H,2,5-7,9-10,12-15H2,1H3,(H2,22,26)(H,23,24);1H. The first-order valence-electron chi connectivity index (χ1n) is 10.1. The number of hydrogen-bond donors (Lipinski definition) is 2. The van der Waals surface area contributed by atoms with Gasteiger partial charge in [-0.05, 0) is 56.1 Å². The molecule has 0 saturated carbocycles. The van der Waals surface area contributed by atoms with Gasteiger partial charge in [0.1, 0.15) is 0 Å². The van der Waals surface area contributed by atoms with Crippen LogP contribution in [0.3, 0.4) is 0 Å². The van der Waals surface area contributed by atoms with Crippen molar-refractivity contribution in [2.75, 3.05) is 26.2 Å². The van der Waals surface area contributed by atoms with Gasteiger partial charge in [-0.15, -0.1) is 24.0 Å². The zero-order valence-corrected chi connectivity index (χ0v) is 18.7. The number of benzene rings is 1. The minimum absolute atomic E-state index is 0. The van der Waals surface area contributed by atoms with Crippen molar-refractivity contribution in [2.45, 2.75) is 51.4 Å². The van der Waals surface area contributed by atoms with Crippen molar-refractivity contribution >= 4 is 35.8 Å². The summed E-state index contributed by atoms with van der Waals surface area (Å²) in [6, 6.07) is 8.81. The highest BCUT2D eigenvalue weighted by Crippen LogP contribution is 2.31. The fraction of sp³-hybridized carbons (Fsp3) is 0.619. The van der Waals surface area contributed by atoms with E-state index in [4.69, 9.17) is 10.7 Å². The summed E-state index contributed by atoms with van der Waals surface area (Å²) in [6.07, 6.45) is 6.30. The number of carbonyl (C=O) groups excluding carboxylic acids is 1. The van der Waals surface area contributed by atoms with Crippen LogP contribution in [-0.4, -0.2) is 42.9 Å². The number of rotatable bonds is 5. The molecular formula is C21H33IN4O. The summed E-state index contributed by atoms with van der Waals surface area (Å²) in [6.45, 7) is 5.67. The topological polar surface area (TPSA) is 70.7 Å². The van der Waals surface area contributed by atoms with Gasteiger partial charge in [0, 0.05) is 38.5 Å². The van der Waals surface area contributed by atoms with Crippen LogP contribution in [0.4, 0.5) is 0 Å². The molecule has 2 atom stereocenters. The van der Waals surface area contributed by atoms with Crippen LogP contribution in [0, 0.1) is 5.92 Å². The lowest BCUT2D eigenvalue weighted by Crippen LogP contribution is -2.47. The normalized spacial score (nSPS) is 22.6. The molecule has 1 heterocycles. The fourth-order valence-corrected chi connectivity index (χ4v) is 4.38. The van der Waals surface area contributed by atoms with Gasteiger partial charge in [0.2, 0.25) is 5.91 Å². The molecule has 6 heteroatoms. The summed E-state index contributed by atoms with van der Waals surface area (Å²) in [4.78, 5) is 18.6. The molecule has 0 radical (unpaired) electrons. The molecule has 1 amide bonds. The van der Waals surface area contributed by atoms with Gasteiger partial charge in [0.15, 0.2) is 5.96 Å². The lowest BCUT2D eigenvalue weighted by Gasteiger charge is -2.35. The minimum atomic E-state index is -0.197. The molecule has 1 aliphatic carbocycles. The van der Waals surface area contributed by atoms with Gasteiger partial charge in [0.05, 0.1) is 0 Å². The molecule has 2 aliphatic rings. The molecule has 5 nitrogen and oxygen atoms in total. The molecule has 1 fully saturated rings. The van der Waals surface area contributed by atoms with Gasteiger partial charge in [-0.2, -0.15) is 0 Å². The Labute approximate surface area is 180 Å². The Balaban J connectivity index is 0.00000261. The number of nitrogens with zero attached hydrogens (tertiary/aromatic N) is 2. The number of halogens is 1. The van der Waals surface area contributed by atoms with Gasteiger partial charge in [-0.3, -0.25) is 9.79 Å². The van der Waals surface area contributed by atoms with Crippen molar-refractivity contribution < 1.29 is 4.79 Å². The van der Waals surface area contributed by atoms with E-state index in [0.717, 1.165) is 45.0 Å². The van der Waals surface area contributed by atoms with Gasteiger partial charge in [-0.25, -0.2) is 0 Å². The summed E-state index contributed by atoms with van der Waals surface area (Å²) in [5.74, 6) is 1.66. The van der Waals surface area contributed by atoms with Crippen LogP contribution in [0.1, 0.15) is 56.1 Å². The summed E-state index contributed by atoms with van der Waals surface area (Å²) in [5, 5.41) is 3.45. The summed E-state index contributed by atoms with van der Waals surface area (Å²) in [5.41, 5.74) is 8.37. The highest BCUT2D eigenvalue weighted by Gasteiger charge is 2.24. The van der Waals surface area contributed by atoms with Crippen LogP contribution in [0.25, 0.3) is 0 Å². The van der Waals surface area contributed by atoms with E-state index in [1.165, 1.54) is 30.4 Å². The third kappa shape index (κ3) is 6.09. The first-order chi connectivity index (χ1) is 12.7. The van der Waals surface area contributed by atoms with Crippen LogP contribution >= 0.6 is 24.0 Å². The number of guanidine groups is 1. The quantitative estimate of drug-likeness (QED) is 0.383. The van der Waals surface area contributed by atoms with Crippen molar-refractivity contribution in [1.29, 1.82) is 0 Å². The maximum absolute atomic E-state index is 11.3. The Morgan fingerprint density at radius 3 is 2.89 bits per heavy atom. The SMILES string of the molecule is CCNC(=NCC1CCCc2ccccc21)N1CCCC(CC(N)=O)C1.I. The first kappa shape index (κ1) is 22.0. The van der Waals surface area contributed by atoms with Crippen LogP contribution in [-0.2, 0) is 11.2 Å². The molecular weight excluding hydrogens is 451 g/mol. The van der Waals surface area contributed by atoms with Gasteiger partial charge >= 0.3 is 0 Å². The number of fused-ring (bicyclic) bond motifs is 1. The number of likely N-dealkylation sites (tertiary alicyclic amines) is 1. The molecule has 2 unspecified atom stereocenters. The Bertz CT molecular complexity index is 649. The van der Waals surface area contributed by atoms with E-state index in [-0.39, 0.29) is 29.9 Å². The Kier molecular flexibility index (Phi) is 8.86. The number of aryl methyl sites for hydroxylation is 1. The number of hydrogen-bond acceptors (Lipinski definition) is 2. The number of aliphatic imine (C=N–C) groups is 1. The van der Waals surface area contributed by atoms with Crippen molar-refractivity contribution in [3.05, 3.63) is 35.4 Å². The number of carbonyl (C=O) groups is 1. The lowest BCUT2D eigenvalue weighted by molar-refractivity contribution is -0.119. The van der Waals surface area contributed by atoms with Crippen molar-refractivity contribution in [1.82, 2.24) is 10.2 Å². The zero-order chi connectivity index (χ0) is 18.4. The number of primary amides is 1. The Morgan fingerprint density at radius 1 is 1.30 bits per heavy atom. The van der Waals surface area contributed by atoms with E-state index >= 15 is 0 Å². The van der Waals surface area contributed by atoms with Crippen LogP contribution in [0.2, 0.25) is 0 Å². The first-order valence-corrected chi connectivity index (χ1v) is 10.1. The third-order valence-electron chi connectivity index (χ3n) is 5.60. The van der Waals surface area contributed by atoms with Crippen LogP contribution < -0.4 is 11.1 Å². The average molecular weight is 484 g/mol. The van der Waals surface area contributed by atoms with Crippen molar-refractivity contribution in [2.24, 2.45) is 16.6 Å². The Morgan fingerprint density at radius 2 is 2.11 bits per heavy atom. The summed E-state index contributed by atoms with van der Waals surface area (Å²) in [7, 11) is 0. The Hall–Kier alpha value is -1.31. The van der Waals surface area contributed by atoms with Gasteiger partial charge in [-0.1, -0.05) is 24.3 Å². The second-order valence-corrected chi connectivity index (χ2v) is 7.61. The summed E-state index contributed by atoms with van der Waals surface area (Å²) < 4.78 is 0. The molecule has 1 aliphatic heterocycles. The molecule has 3 N–H and O–H groups in total. The second kappa shape index (κ2) is 10.9. The summed E-state index contributed by atoms with van der Waals surface area (Å²) >= 11 is 0. The number of nitrogens with two attached hydrogens (primary N) is 1. The van der Waals surface area contributed by atoms with E-state index < -0.39 is 0 Å². The highest BCUT2D eigenvalue weighted by molar-refractivity contribution is 14.0. The molecule has 1 aromatic carbocycles. The van der Waals surface area contributed by atoms with Crippen LogP contribution in [0.15, 0.2) is 29.3 Å². The lowest BCUT2D eigenvalue weighted by atomic mass is 9.83. The molecule has 0 bridgehead atoms. The van der Waals surface area contributed by atoms with Gasteiger partial charge < -0.3 is 16.0 Å². The number of piperidine rings is 1. The van der Waals surface area contributed by atoms with E-state index in [0.29, 0.717) is 18.3 Å². The number of nitrogens with one attached hydrogen (secondary N) is 1. The predicted octanol–water partition coefficient (Wildman–Crippen LogP) is 3.28. The highest BCUT2D eigenvalue weighted by atomic mass is 127. The molecule has 1 saturated heterocycles. The number of amides is 1. The molecule has 150 valence electrons. The minimum Gasteiger partial charge on any atom is -0.370 e. The third-order valence-corrected chi connectivity index (χ3v) is 5.60. The molecule has 3 rings (SSSR count). The van der Waals surface area contributed by atoms with Crippen molar-refractivity contribution in [3.8, 4) is 0 Å². The maximum Gasteiger partial charge on any atom is 0.217 e. The average Bonchev–Trinajstić information content (AvgIpc) is 2.65. The van der Waals surface area contributed by atoms with E-state index in [9.17, 15) is 4.79 Å². The van der Waals surface area contributed by atoms with E-state index in [2.05, 4.69) is 41.4 Å². The predicted molar refractivity (Wildman–Crippen MR) is 122 cm³/mol. The zero-order valence-electron chi connectivity index (χ0n) is 16.3.